The Morgan fingerprint density at radius 1 is 1.39 bits per heavy atom. The van der Waals surface area contributed by atoms with Gasteiger partial charge in [-0.3, -0.25) is 4.79 Å². The number of amides is 1. The summed E-state index contributed by atoms with van der Waals surface area (Å²) < 4.78 is 0. The minimum absolute atomic E-state index is 0.193. The lowest BCUT2D eigenvalue weighted by molar-refractivity contribution is -0.115. The monoisotopic (exact) mass is 253 g/mol. The number of aliphatic hydroxyl groups is 3. The van der Waals surface area contributed by atoms with E-state index in [0.717, 1.165) is 6.21 Å². The van der Waals surface area contributed by atoms with Crippen LogP contribution >= 0.6 is 0 Å². The first-order valence-electron chi connectivity index (χ1n) is 5.46. The summed E-state index contributed by atoms with van der Waals surface area (Å²) in [4.78, 5) is 11.1. The van der Waals surface area contributed by atoms with Gasteiger partial charge in [0.1, 0.15) is 24.2 Å². The lowest BCUT2D eigenvalue weighted by Gasteiger charge is -2.32. The minimum atomic E-state index is -1.15. The Bertz CT molecular complexity index is 434. The van der Waals surface area contributed by atoms with E-state index in [1.165, 1.54) is 5.01 Å². The summed E-state index contributed by atoms with van der Waals surface area (Å²) in [6.07, 6.45) is -1.22. The summed E-state index contributed by atoms with van der Waals surface area (Å²) >= 11 is 0. The van der Waals surface area contributed by atoms with Crippen LogP contribution < -0.4 is 5.32 Å². The van der Waals surface area contributed by atoms with E-state index in [4.69, 9.17) is 5.11 Å². The zero-order chi connectivity index (χ0) is 13.4. The van der Waals surface area contributed by atoms with Crippen molar-refractivity contribution in [1.29, 1.82) is 0 Å². The molecule has 2 aliphatic rings. The molecule has 2 rings (SSSR count). The number of rotatable bonds is 2. The Labute approximate surface area is 104 Å². The molecular weight excluding hydrogens is 238 g/mol. The predicted molar refractivity (Wildman–Crippen MR) is 63.1 cm³/mol. The Balaban J connectivity index is 2.28. The molecule has 4 N–H and O–H groups in total. The smallest absolute Gasteiger partial charge is 0.269 e. The summed E-state index contributed by atoms with van der Waals surface area (Å²) in [5, 5.41) is 36.5. The number of hydrazone groups is 1. The molecule has 1 saturated carbocycles. The Hall–Kier alpha value is -1.70. The van der Waals surface area contributed by atoms with E-state index in [1.807, 2.05) is 0 Å². The first-order chi connectivity index (χ1) is 8.47. The molecule has 0 bridgehead atoms. The fourth-order valence-corrected chi connectivity index (χ4v) is 2.27. The normalized spacial score (nSPS) is 36.2. The highest BCUT2D eigenvalue weighted by atomic mass is 16.3. The largest absolute Gasteiger partial charge is 0.396 e. The highest BCUT2D eigenvalue weighted by Crippen LogP contribution is 2.35. The van der Waals surface area contributed by atoms with Crippen LogP contribution in [0.2, 0.25) is 0 Å². The van der Waals surface area contributed by atoms with E-state index in [9.17, 15) is 15.0 Å². The van der Waals surface area contributed by atoms with E-state index in [0.29, 0.717) is 5.57 Å². The topological polar surface area (TPSA) is 105 Å². The lowest BCUT2D eigenvalue weighted by Crippen LogP contribution is -2.47. The van der Waals surface area contributed by atoms with Gasteiger partial charge < -0.3 is 20.6 Å². The Morgan fingerprint density at radius 3 is 2.56 bits per heavy atom. The van der Waals surface area contributed by atoms with Gasteiger partial charge in [-0.15, -0.1) is 0 Å². The fraction of sp³-hybridized carbons (Fsp3) is 0.455. The third kappa shape index (κ3) is 1.82. The minimum Gasteiger partial charge on any atom is -0.396 e. The summed E-state index contributed by atoms with van der Waals surface area (Å²) in [6, 6.07) is -0.721. The van der Waals surface area contributed by atoms with Crippen LogP contribution in [0.3, 0.4) is 0 Å². The van der Waals surface area contributed by atoms with Gasteiger partial charge in [0.2, 0.25) is 0 Å². The second-order valence-corrected chi connectivity index (χ2v) is 4.32. The first-order valence-corrected chi connectivity index (χ1v) is 5.46. The number of nitrogens with one attached hydrogen (secondary N) is 1. The summed E-state index contributed by atoms with van der Waals surface area (Å²) in [6.45, 7) is 7.07. The molecule has 0 spiro atoms. The molecule has 98 valence electrons. The summed E-state index contributed by atoms with van der Waals surface area (Å²) in [7, 11) is 0. The van der Waals surface area contributed by atoms with Crippen molar-refractivity contribution in [3.8, 4) is 0 Å². The lowest BCUT2D eigenvalue weighted by atomic mass is 10.0. The molecule has 1 amide bonds. The Morgan fingerprint density at radius 2 is 2.06 bits per heavy atom. The second-order valence-electron chi connectivity index (χ2n) is 4.32. The maximum absolute atomic E-state index is 11.1. The van der Waals surface area contributed by atoms with Crippen molar-refractivity contribution in [2.75, 3.05) is 6.61 Å². The van der Waals surface area contributed by atoms with Crippen LogP contribution in [0.25, 0.3) is 0 Å². The molecule has 1 heterocycles. The van der Waals surface area contributed by atoms with Crippen LogP contribution in [0, 0.1) is 5.92 Å². The SMILES string of the molecule is C=C1[C@@H](N2N=CC(=O)NC2=C)C(O)[C@@H](O)[C@H]1CO. The summed E-state index contributed by atoms with van der Waals surface area (Å²) in [5.41, 5.74) is 0.451. The highest BCUT2D eigenvalue weighted by molar-refractivity contribution is 6.27. The van der Waals surface area contributed by atoms with Crippen LogP contribution in [0.1, 0.15) is 0 Å². The van der Waals surface area contributed by atoms with Gasteiger partial charge in [0.25, 0.3) is 5.91 Å². The molecule has 0 aromatic rings. The standard InChI is InChI=1S/C11H15N3O4/c1-5-7(4-15)10(17)11(18)9(5)14-6(2)13-8(16)3-12-14/h3,7,9-11,15,17-18H,1-2,4H2,(H,13,16)/t7-,9+,10-,11?/m0/s1. The molecule has 1 aliphatic carbocycles. The molecule has 0 saturated heterocycles. The quantitative estimate of drug-likeness (QED) is 0.432. The third-order valence-corrected chi connectivity index (χ3v) is 3.25. The number of hydrogen-bond acceptors (Lipinski definition) is 6. The maximum atomic E-state index is 11.1. The van der Waals surface area contributed by atoms with Gasteiger partial charge in [0.05, 0.1) is 12.7 Å². The molecule has 7 heteroatoms. The molecular formula is C11H15N3O4. The summed E-state index contributed by atoms with van der Waals surface area (Å²) in [5.74, 6) is -0.835. The second kappa shape index (κ2) is 4.52. The van der Waals surface area contributed by atoms with Gasteiger partial charge >= 0.3 is 0 Å². The molecule has 1 aliphatic heterocycles. The van der Waals surface area contributed by atoms with Crippen molar-refractivity contribution in [2.45, 2.75) is 18.2 Å². The van der Waals surface area contributed by atoms with Gasteiger partial charge in [-0.05, 0) is 5.57 Å². The van der Waals surface area contributed by atoms with Crippen molar-refractivity contribution >= 4 is 12.1 Å². The van der Waals surface area contributed by atoms with E-state index in [1.54, 1.807) is 0 Å². The average Bonchev–Trinajstić information content (AvgIpc) is 2.52. The van der Waals surface area contributed by atoms with Gasteiger partial charge in [-0.2, -0.15) is 5.10 Å². The number of carbonyl (C=O) groups excluding carboxylic acids is 1. The molecule has 4 atom stereocenters. The molecule has 0 aromatic heterocycles. The fourth-order valence-electron chi connectivity index (χ4n) is 2.27. The van der Waals surface area contributed by atoms with E-state index in [2.05, 4.69) is 23.6 Å². The molecule has 1 unspecified atom stereocenters. The van der Waals surface area contributed by atoms with Crippen LogP contribution in [0.5, 0.6) is 0 Å². The van der Waals surface area contributed by atoms with E-state index in [-0.39, 0.29) is 12.4 Å². The molecule has 18 heavy (non-hydrogen) atoms. The molecule has 0 radical (unpaired) electrons. The molecule has 7 nitrogen and oxygen atoms in total. The van der Waals surface area contributed by atoms with Crippen molar-refractivity contribution in [3.05, 3.63) is 24.6 Å². The van der Waals surface area contributed by atoms with E-state index >= 15 is 0 Å². The Kier molecular flexibility index (Phi) is 3.20. The zero-order valence-electron chi connectivity index (χ0n) is 9.65. The third-order valence-electron chi connectivity index (χ3n) is 3.25. The molecule has 0 aromatic carbocycles. The van der Waals surface area contributed by atoms with Crippen molar-refractivity contribution < 1.29 is 20.1 Å². The molecule has 1 fully saturated rings. The number of nitrogens with zero attached hydrogens (tertiary/aromatic N) is 2. The van der Waals surface area contributed by atoms with Gasteiger partial charge in [0, 0.05) is 5.92 Å². The predicted octanol–water partition coefficient (Wildman–Crippen LogP) is -1.86. The van der Waals surface area contributed by atoms with Gasteiger partial charge in [0.15, 0.2) is 0 Å². The van der Waals surface area contributed by atoms with Crippen LogP contribution in [0.15, 0.2) is 29.7 Å². The van der Waals surface area contributed by atoms with Crippen molar-refractivity contribution in [3.63, 3.8) is 0 Å². The zero-order valence-corrected chi connectivity index (χ0v) is 9.65. The van der Waals surface area contributed by atoms with Crippen LogP contribution in [-0.2, 0) is 4.79 Å². The first kappa shape index (κ1) is 12.7. The maximum Gasteiger partial charge on any atom is 0.269 e. The van der Waals surface area contributed by atoms with Crippen LogP contribution in [0.4, 0.5) is 0 Å². The van der Waals surface area contributed by atoms with Crippen LogP contribution in [-0.4, -0.2) is 57.3 Å². The van der Waals surface area contributed by atoms with Crippen molar-refractivity contribution in [2.24, 2.45) is 11.0 Å². The number of carbonyl (C=O) groups is 1. The number of hydrogen-bond donors (Lipinski definition) is 4. The van der Waals surface area contributed by atoms with E-state index < -0.39 is 30.1 Å². The van der Waals surface area contributed by atoms with Gasteiger partial charge in [-0.1, -0.05) is 13.2 Å². The average molecular weight is 253 g/mol. The van der Waals surface area contributed by atoms with Gasteiger partial charge in [-0.25, -0.2) is 5.01 Å². The van der Waals surface area contributed by atoms with Crippen molar-refractivity contribution in [1.82, 2.24) is 10.3 Å². The highest BCUT2D eigenvalue weighted by Gasteiger charge is 2.48. The number of aliphatic hydroxyl groups excluding tert-OH is 3.